The van der Waals surface area contributed by atoms with Crippen LogP contribution in [0.1, 0.15) is 30.9 Å². The first kappa shape index (κ1) is 27.3. The van der Waals surface area contributed by atoms with Crippen LogP contribution in [0.2, 0.25) is 5.02 Å². The van der Waals surface area contributed by atoms with E-state index in [9.17, 15) is 14.7 Å². The monoisotopic (exact) mass is 533 g/mol. The number of amides is 2. The number of para-hydroxylation sites is 2. The Morgan fingerprint density at radius 1 is 1.11 bits per heavy atom. The van der Waals surface area contributed by atoms with E-state index in [1.807, 2.05) is 24.3 Å². The van der Waals surface area contributed by atoms with Gasteiger partial charge in [0.2, 0.25) is 11.8 Å². The largest absolute Gasteiger partial charge is 0.397 e. The first-order chi connectivity index (χ1) is 18.1. The Hall–Kier alpha value is -3.72. The van der Waals surface area contributed by atoms with Gasteiger partial charge >= 0.3 is 0 Å². The van der Waals surface area contributed by atoms with E-state index in [2.05, 4.69) is 20.5 Å². The molecule has 0 radical (unpaired) electrons. The molecule has 38 heavy (non-hydrogen) atoms. The van der Waals surface area contributed by atoms with Crippen LogP contribution in [0, 0.1) is 5.92 Å². The lowest BCUT2D eigenvalue weighted by Gasteiger charge is -2.25. The maximum atomic E-state index is 13.3. The number of nitrogens with one attached hydrogen (secondary N) is 2. The summed E-state index contributed by atoms with van der Waals surface area (Å²) in [4.78, 5) is 31.9. The third kappa shape index (κ3) is 7.41. The molecule has 0 aliphatic carbocycles. The molecule has 2 atom stereocenters. The smallest absolute Gasteiger partial charge is 0.248 e. The van der Waals surface area contributed by atoms with Gasteiger partial charge in [-0.3, -0.25) is 14.5 Å². The SMILES string of the molecule is CC(C)(O)CN1CC(C(=O)Nc2ccc(Cl)cn2)C(c2ccc(C=CC(=O)Nc3ccccc3N)cc2)C1. The van der Waals surface area contributed by atoms with E-state index in [1.165, 1.54) is 12.3 Å². The van der Waals surface area contributed by atoms with Crippen LogP contribution in [0.5, 0.6) is 0 Å². The van der Waals surface area contributed by atoms with E-state index < -0.39 is 5.60 Å². The summed E-state index contributed by atoms with van der Waals surface area (Å²) in [5, 5.41) is 16.5. The molecule has 3 aromatic rings. The van der Waals surface area contributed by atoms with Crippen LogP contribution in [0.4, 0.5) is 17.2 Å². The van der Waals surface area contributed by atoms with Gasteiger partial charge in [-0.1, -0.05) is 48.0 Å². The van der Waals surface area contributed by atoms with E-state index in [1.54, 1.807) is 56.3 Å². The minimum atomic E-state index is -0.882. The van der Waals surface area contributed by atoms with E-state index in [0.717, 1.165) is 11.1 Å². The van der Waals surface area contributed by atoms with Crippen molar-refractivity contribution in [3.63, 3.8) is 0 Å². The van der Waals surface area contributed by atoms with Crippen molar-refractivity contribution in [2.75, 3.05) is 36.0 Å². The van der Waals surface area contributed by atoms with Crippen molar-refractivity contribution in [1.29, 1.82) is 0 Å². The number of nitrogen functional groups attached to an aromatic ring is 1. The standard InChI is InChI=1S/C29H32ClN5O3/c1-29(2,38)18-35-16-22(23(17-35)28(37)34-26-13-12-21(30)15-32-26)20-10-7-19(8-11-20)9-14-27(36)33-25-6-4-3-5-24(25)31/h3-15,22-23,38H,16-18,31H2,1-2H3,(H,33,36)(H,32,34,37). The quantitative estimate of drug-likeness (QED) is 0.252. The molecule has 2 heterocycles. The number of carbonyl (C=O) groups excluding carboxylic acids is 2. The van der Waals surface area contributed by atoms with E-state index in [0.29, 0.717) is 41.8 Å². The number of halogens is 1. The summed E-state index contributed by atoms with van der Waals surface area (Å²) in [6, 6.07) is 18.2. The van der Waals surface area contributed by atoms with Gasteiger partial charge in [-0.25, -0.2) is 4.98 Å². The van der Waals surface area contributed by atoms with Crippen LogP contribution in [-0.2, 0) is 9.59 Å². The van der Waals surface area contributed by atoms with E-state index in [-0.39, 0.29) is 23.7 Å². The summed E-state index contributed by atoms with van der Waals surface area (Å²) in [7, 11) is 0. The minimum Gasteiger partial charge on any atom is -0.397 e. The molecule has 8 nitrogen and oxygen atoms in total. The van der Waals surface area contributed by atoms with Crippen molar-refractivity contribution < 1.29 is 14.7 Å². The fraction of sp³-hybridized carbons (Fsp3) is 0.276. The second kappa shape index (κ2) is 11.8. The number of aliphatic hydroxyl groups is 1. The van der Waals surface area contributed by atoms with Crippen LogP contribution in [0.15, 0.2) is 72.9 Å². The summed E-state index contributed by atoms with van der Waals surface area (Å²) < 4.78 is 0. The Labute approximate surface area is 227 Å². The third-order valence-electron chi connectivity index (χ3n) is 6.33. The minimum absolute atomic E-state index is 0.0768. The van der Waals surface area contributed by atoms with Gasteiger partial charge in [-0.15, -0.1) is 0 Å². The zero-order chi connectivity index (χ0) is 27.3. The number of nitrogens with two attached hydrogens (primary N) is 1. The molecule has 4 rings (SSSR count). The number of aromatic nitrogens is 1. The van der Waals surface area contributed by atoms with Crippen molar-refractivity contribution in [1.82, 2.24) is 9.88 Å². The first-order valence-corrected chi connectivity index (χ1v) is 12.8. The van der Waals surface area contributed by atoms with Crippen LogP contribution >= 0.6 is 11.6 Å². The average molecular weight is 534 g/mol. The van der Waals surface area contributed by atoms with E-state index >= 15 is 0 Å². The number of hydrogen-bond acceptors (Lipinski definition) is 6. The number of likely N-dealkylation sites (tertiary alicyclic amines) is 1. The summed E-state index contributed by atoms with van der Waals surface area (Å²) >= 11 is 5.92. The number of β-amino-alcohol motifs (C(OH)–C–C–N with tert-alkyl or cyclic N) is 1. The van der Waals surface area contributed by atoms with Crippen LogP contribution < -0.4 is 16.4 Å². The summed E-state index contributed by atoms with van der Waals surface area (Å²) in [6.07, 6.45) is 4.67. The van der Waals surface area contributed by atoms with Gasteiger partial charge in [0.15, 0.2) is 0 Å². The molecular formula is C29H32ClN5O3. The number of rotatable bonds is 8. The summed E-state index contributed by atoms with van der Waals surface area (Å²) in [5.41, 5.74) is 7.92. The maximum Gasteiger partial charge on any atom is 0.248 e. The van der Waals surface area contributed by atoms with Crippen molar-refractivity contribution in [2.24, 2.45) is 5.92 Å². The lowest BCUT2D eigenvalue weighted by atomic mass is 9.88. The zero-order valence-electron chi connectivity index (χ0n) is 21.4. The van der Waals surface area contributed by atoms with Gasteiger partial charge in [-0.05, 0) is 55.3 Å². The fourth-order valence-electron chi connectivity index (χ4n) is 4.65. The number of nitrogens with zero attached hydrogens (tertiary/aromatic N) is 2. The Morgan fingerprint density at radius 2 is 1.84 bits per heavy atom. The van der Waals surface area contributed by atoms with Gasteiger partial charge in [0.05, 0.1) is 27.9 Å². The van der Waals surface area contributed by atoms with Crippen LogP contribution in [0.3, 0.4) is 0 Å². The molecular weight excluding hydrogens is 502 g/mol. The van der Waals surface area contributed by atoms with E-state index in [4.69, 9.17) is 17.3 Å². The Balaban J connectivity index is 1.46. The molecule has 198 valence electrons. The molecule has 2 aromatic carbocycles. The Morgan fingerprint density at radius 3 is 2.50 bits per heavy atom. The molecule has 5 N–H and O–H groups in total. The lowest BCUT2D eigenvalue weighted by molar-refractivity contribution is -0.120. The highest BCUT2D eigenvalue weighted by Crippen LogP contribution is 2.34. The number of benzene rings is 2. The molecule has 2 unspecified atom stereocenters. The zero-order valence-corrected chi connectivity index (χ0v) is 22.2. The van der Waals surface area contributed by atoms with Gasteiger partial charge in [0.1, 0.15) is 5.82 Å². The predicted octanol–water partition coefficient (Wildman–Crippen LogP) is 4.39. The maximum absolute atomic E-state index is 13.3. The lowest BCUT2D eigenvalue weighted by Crippen LogP contribution is -2.38. The highest BCUT2D eigenvalue weighted by Gasteiger charge is 2.39. The van der Waals surface area contributed by atoms with Gasteiger partial charge in [0.25, 0.3) is 0 Å². The molecule has 0 spiro atoms. The van der Waals surface area contributed by atoms with Gasteiger partial charge in [-0.2, -0.15) is 0 Å². The molecule has 1 aliphatic rings. The Bertz CT molecular complexity index is 1300. The number of hydrogen-bond donors (Lipinski definition) is 4. The van der Waals surface area contributed by atoms with Crippen LogP contribution in [-0.4, -0.2) is 52.0 Å². The van der Waals surface area contributed by atoms with Gasteiger partial charge in [0, 0.05) is 37.8 Å². The molecule has 1 aromatic heterocycles. The predicted molar refractivity (Wildman–Crippen MR) is 152 cm³/mol. The molecule has 1 saturated heterocycles. The molecule has 0 bridgehead atoms. The molecule has 1 fully saturated rings. The molecule has 1 aliphatic heterocycles. The van der Waals surface area contributed by atoms with Crippen LogP contribution in [0.25, 0.3) is 6.08 Å². The van der Waals surface area contributed by atoms with Crippen molar-refractivity contribution >= 4 is 46.7 Å². The van der Waals surface area contributed by atoms with Crippen molar-refractivity contribution in [3.8, 4) is 0 Å². The summed E-state index contributed by atoms with van der Waals surface area (Å²) in [6.45, 7) is 5.12. The fourth-order valence-corrected chi connectivity index (χ4v) is 4.76. The third-order valence-corrected chi connectivity index (χ3v) is 6.56. The number of carbonyl (C=O) groups is 2. The average Bonchev–Trinajstić information content (AvgIpc) is 3.28. The first-order valence-electron chi connectivity index (χ1n) is 12.4. The van der Waals surface area contributed by atoms with Crippen molar-refractivity contribution in [2.45, 2.75) is 25.4 Å². The second-order valence-corrected chi connectivity index (χ2v) is 10.6. The number of pyridine rings is 1. The summed E-state index contributed by atoms with van der Waals surface area (Å²) in [5.74, 6) is -0.387. The molecule has 2 amide bonds. The highest BCUT2D eigenvalue weighted by molar-refractivity contribution is 6.30. The topological polar surface area (TPSA) is 121 Å². The number of anilines is 3. The van der Waals surface area contributed by atoms with Gasteiger partial charge < -0.3 is 21.5 Å². The van der Waals surface area contributed by atoms with Crippen molar-refractivity contribution in [3.05, 3.63) is 89.1 Å². The molecule has 9 heteroatoms. The second-order valence-electron chi connectivity index (χ2n) is 10.1. The highest BCUT2D eigenvalue weighted by atomic mass is 35.5. The molecule has 0 saturated carbocycles. The Kier molecular flexibility index (Phi) is 8.46. The normalized spacial score (nSPS) is 18.0.